The van der Waals surface area contributed by atoms with Gasteiger partial charge in [0.05, 0.1) is 11.3 Å². The van der Waals surface area contributed by atoms with Gasteiger partial charge in [0.1, 0.15) is 5.65 Å². The molecule has 3 aromatic rings. The maximum absolute atomic E-state index is 12.6. The second kappa shape index (κ2) is 6.68. The van der Waals surface area contributed by atoms with Crippen molar-refractivity contribution in [1.82, 2.24) is 14.3 Å². The molecule has 0 bridgehead atoms. The van der Waals surface area contributed by atoms with Gasteiger partial charge in [-0.25, -0.2) is 4.98 Å². The van der Waals surface area contributed by atoms with Gasteiger partial charge in [0.15, 0.2) is 0 Å². The summed E-state index contributed by atoms with van der Waals surface area (Å²) >= 11 is 0. The maximum Gasteiger partial charge on any atom is 0.416 e. The van der Waals surface area contributed by atoms with Crippen LogP contribution in [0.25, 0.3) is 5.65 Å². The minimum atomic E-state index is -4.33. The van der Waals surface area contributed by atoms with E-state index in [9.17, 15) is 18.0 Å². The predicted octanol–water partition coefficient (Wildman–Crippen LogP) is 3.35. The van der Waals surface area contributed by atoms with Gasteiger partial charge in [0, 0.05) is 25.4 Å². The summed E-state index contributed by atoms with van der Waals surface area (Å²) in [7, 11) is 1.83. The molecule has 0 spiro atoms. The van der Waals surface area contributed by atoms with Crippen LogP contribution in [0.3, 0.4) is 0 Å². The Hall–Kier alpha value is -2.67. The van der Waals surface area contributed by atoms with Gasteiger partial charge in [-0.05, 0) is 36.9 Å². The maximum atomic E-state index is 12.6. The molecule has 0 N–H and O–H groups in total. The number of aromatic nitrogens is 2. The molecule has 7 heteroatoms. The second-order valence-electron chi connectivity index (χ2n) is 5.88. The summed E-state index contributed by atoms with van der Waals surface area (Å²) in [5.74, 6) is 0. The molecule has 0 amide bonds. The first-order valence-corrected chi connectivity index (χ1v) is 7.65. The molecule has 0 atom stereocenters. The fraction of sp³-hybridized carbons (Fsp3) is 0.222. The highest BCUT2D eigenvalue weighted by atomic mass is 19.4. The number of pyridine rings is 1. The number of fused-ring (bicyclic) bond motifs is 1. The Morgan fingerprint density at radius 2 is 1.80 bits per heavy atom. The van der Waals surface area contributed by atoms with Crippen molar-refractivity contribution in [2.24, 2.45) is 0 Å². The van der Waals surface area contributed by atoms with Crippen LogP contribution >= 0.6 is 0 Å². The van der Waals surface area contributed by atoms with Crippen LogP contribution in [0.2, 0.25) is 0 Å². The first kappa shape index (κ1) is 17.2. The lowest BCUT2D eigenvalue weighted by Gasteiger charge is -2.17. The van der Waals surface area contributed by atoms with E-state index in [-0.39, 0.29) is 5.56 Å². The van der Waals surface area contributed by atoms with Crippen molar-refractivity contribution < 1.29 is 13.2 Å². The minimum Gasteiger partial charge on any atom is -0.296 e. The number of alkyl halides is 3. The number of nitrogens with zero attached hydrogens (tertiary/aromatic N) is 3. The number of benzene rings is 1. The van der Waals surface area contributed by atoms with Crippen molar-refractivity contribution in [3.05, 3.63) is 81.9 Å². The number of rotatable bonds is 4. The zero-order valence-corrected chi connectivity index (χ0v) is 13.5. The molecule has 0 radical (unpaired) electrons. The Bertz CT molecular complexity index is 933. The highest BCUT2D eigenvalue weighted by Gasteiger charge is 2.29. The normalized spacial score (nSPS) is 12.0. The molecule has 2 heterocycles. The third kappa shape index (κ3) is 4.06. The Kier molecular flexibility index (Phi) is 4.59. The van der Waals surface area contributed by atoms with Crippen LogP contribution < -0.4 is 5.56 Å². The standard InChI is InChI=1S/C18H16F3N3O/c1-23(11-13-5-7-14(8-6-13)18(19,20)21)12-15-10-17(25)24-9-3-2-4-16(24)22-15/h2-10H,11-12H2,1H3. The van der Waals surface area contributed by atoms with Crippen molar-refractivity contribution >= 4 is 5.65 Å². The lowest BCUT2D eigenvalue weighted by atomic mass is 10.1. The fourth-order valence-electron chi connectivity index (χ4n) is 2.63. The first-order valence-electron chi connectivity index (χ1n) is 7.65. The number of hydrogen-bond acceptors (Lipinski definition) is 3. The van der Waals surface area contributed by atoms with Gasteiger partial charge in [-0.3, -0.25) is 14.1 Å². The lowest BCUT2D eigenvalue weighted by molar-refractivity contribution is -0.137. The van der Waals surface area contributed by atoms with Crippen molar-refractivity contribution in [1.29, 1.82) is 0 Å². The van der Waals surface area contributed by atoms with Gasteiger partial charge in [-0.1, -0.05) is 18.2 Å². The molecule has 130 valence electrons. The van der Waals surface area contributed by atoms with Gasteiger partial charge in [-0.15, -0.1) is 0 Å². The topological polar surface area (TPSA) is 37.6 Å². The summed E-state index contributed by atoms with van der Waals surface area (Å²) in [5.41, 5.74) is 1.11. The molecule has 0 aliphatic heterocycles. The van der Waals surface area contributed by atoms with Gasteiger partial charge in [0.25, 0.3) is 5.56 Å². The molecule has 0 aliphatic carbocycles. The van der Waals surface area contributed by atoms with E-state index in [1.165, 1.54) is 22.6 Å². The summed E-state index contributed by atoms with van der Waals surface area (Å²) in [5, 5.41) is 0. The van der Waals surface area contributed by atoms with Crippen LogP contribution in [-0.4, -0.2) is 21.3 Å². The highest BCUT2D eigenvalue weighted by molar-refractivity contribution is 5.38. The number of halogens is 3. The number of hydrogen-bond donors (Lipinski definition) is 0. The predicted molar refractivity (Wildman–Crippen MR) is 88.1 cm³/mol. The average molecular weight is 347 g/mol. The Morgan fingerprint density at radius 3 is 2.48 bits per heavy atom. The first-order chi connectivity index (χ1) is 11.8. The van der Waals surface area contributed by atoms with Crippen LogP contribution in [0.5, 0.6) is 0 Å². The van der Waals surface area contributed by atoms with Gasteiger partial charge < -0.3 is 0 Å². The molecule has 1 aromatic carbocycles. The molecule has 3 rings (SSSR count). The second-order valence-corrected chi connectivity index (χ2v) is 5.88. The Balaban J connectivity index is 1.72. The average Bonchev–Trinajstić information content (AvgIpc) is 2.54. The Labute approximate surface area is 142 Å². The molecule has 0 fully saturated rings. The molecule has 2 aromatic heterocycles. The summed E-state index contributed by atoms with van der Waals surface area (Å²) in [6.45, 7) is 0.871. The highest BCUT2D eigenvalue weighted by Crippen LogP contribution is 2.29. The van der Waals surface area contributed by atoms with E-state index >= 15 is 0 Å². The summed E-state index contributed by atoms with van der Waals surface area (Å²) < 4.78 is 39.2. The summed E-state index contributed by atoms with van der Waals surface area (Å²) in [6.07, 6.45) is -2.68. The zero-order valence-electron chi connectivity index (χ0n) is 13.5. The van der Waals surface area contributed by atoms with Gasteiger partial charge >= 0.3 is 6.18 Å². The van der Waals surface area contributed by atoms with Crippen LogP contribution in [0, 0.1) is 0 Å². The molecular weight excluding hydrogens is 331 g/mol. The monoisotopic (exact) mass is 347 g/mol. The van der Waals surface area contributed by atoms with Crippen molar-refractivity contribution in [3.8, 4) is 0 Å². The third-order valence-electron chi connectivity index (χ3n) is 3.79. The molecule has 0 saturated carbocycles. The van der Waals surface area contributed by atoms with E-state index in [0.29, 0.717) is 24.4 Å². The van der Waals surface area contributed by atoms with Crippen molar-refractivity contribution in [3.63, 3.8) is 0 Å². The smallest absolute Gasteiger partial charge is 0.296 e. The van der Waals surface area contributed by atoms with Crippen LogP contribution in [0.15, 0.2) is 59.5 Å². The van der Waals surface area contributed by atoms with Crippen molar-refractivity contribution in [2.45, 2.75) is 19.3 Å². The van der Waals surface area contributed by atoms with E-state index in [4.69, 9.17) is 0 Å². The molecule has 0 saturated heterocycles. The minimum absolute atomic E-state index is 0.163. The molecule has 0 aliphatic rings. The molecule has 4 nitrogen and oxygen atoms in total. The molecule has 25 heavy (non-hydrogen) atoms. The van der Waals surface area contributed by atoms with Crippen LogP contribution in [-0.2, 0) is 19.3 Å². The van der Waals surface area contributed by atoms with E-state index in [1.807, 2.05) is 11.9 Å². The molecule has 0 unspecified atom stereocenters. The van der Waals surface area contributed by atoms with E-state index in [0.717, 1.165) is 17.7 Å². The van der Waals surface area contributed by atoms with Crippen molar-refractivity contribution in [2.75, 3.05) is 7.05 Å². The van der Waals surface area contributed by atoms with Gasteiger partial charge in [0.2, 0.25) is 0 Å². The summed E-state index contributed by atoms with van der Waals surface area (Å²) in [6, 6.07) is 11.8. The van der Waals surface area contributed by atoms with E-state index < -0.39 is 11.7 Å². The van der Waals surface area contributed by atoms with Crippen LogP contribution in [0.1, 0.15) is 16.8 Å². The van der Waals surface area contributed by atoms with Gasteiger partial charge in [-0.2, -0.15) is 13.2 Å². The van der Waals surface area contributed by atoms with Crippen LogP contribution in [0.4, 0.5) is 13.2 Å². The largest absolute Gasteiger partial charge is 0.416 e. The quantitative estimate of drug-likeness (QED) is 0.726. The third-order valence-corrected chi connectivity index (χ3v) is 3.79. The lowest BCUT2D eigenvalue weighted by Crippen LogP contribution is -2.21. The SMILES string of the molecule is CN(Cc1ccc(C(F)(F)F)cc1)Cc1cc(=O)n2ccccc2n1. The summed E-state index contributed by atoms with van der Waals surface area (Å²) in [4.78, 5) is 18.4. The van der Waals surface area contributed by atoms with E-state index in [2.05, 4.69) is 4.98 Å². The zero-order chi connectivity index (χ0) is 18.0. The molecular formula is C18H16F3N3O. The van der Waals surface area contributed by atoms with E-state index in [1.54, 1.807) is 24.4 Å². The Morgan fingerprint density at radius 1 is 1.08 bits per heavy atom. The fourth-order valence-corrected chi connectivity index (χ4v) is 2.63.